The summed E-state index contributed by atoms with van der Waals surface area (Å²) < 4.78 is 0. The number of benzene rings is 2. The van der Waals surface area contributed by atoms with Crippen molar-refractivity contribution in [2.45, 2.75) is 179 Å². The average Bonchev–Trinajstić information content (AvgIpc) is 3.74. The maximum absolute atomic E-state index is 14.7. The number of likely N-dealkylation sites (tertiary alicyclic amines) is 1. The van der Waals surface area contributed by atoms with Crippen molar-refractivity contribution in [3.63, 3.8) is 0 Å². The number of carbonyl (C=O) groups excluding carboxylic acids is 12. The second-order valence-electron chi connectivity index (χ2n) is 22.4. The number of nitrogens with zero attached hydrogens (tertiary/aromatic N) is 1. The first-order chi connectivity index (χ1) is 41.3. The van der Waals surface area contributed by atoms with Crippen molar-refractivity contribution < 1.29 is 82.4 Å². The molecule has 0 saturated carbocycles. The molecule has 2 aromatic carbocycles. The molecule has 484 valence electrons. The number of primary amides is 3. The number of nitrogens with one attached hydrogen (secondary N) is 8. The van der Waals surface area contributed by atoms with Crippen LogP contribution in [0.4, 0.5) is 0 Å². The third-order valence-electron chi connectivity index (χ3n) is 14.8. The Labute approximate surface area is 508 Å². The predicted molar refractivity (Wildman–Crippen MR) is 314 cm³/mol. The van der Waals surface area contributed by atoms with E-state index in [0.29, 0.717) is 17.5 Å². The van der Waals surface area contributed by atoms with Crippen molar-refractivity contribution in [3.05, 3.63) is 65.7 Å². The van der Waals surface area contributed by atoms with Gasteiger partial charge in [-0.05, 0) is 66.7 Å². The molecule has 30 heteroatoms. The van der Waals surface area contributed by atoms with Crippen LogP contribution in [0.5, 0.6) is 5.75 Å². The summed E-state index contributed by atoms with van der Waals surface area (Å²) in [6.45, 7) is 10.1. The van der Waals surface area contributed by atoms with E-state index in [4.69, 9.17) is 22.9 Å². The van der Waals surface area contributed by atoms with E-state index in [9.17, 15) is 82.4 Å². The lowest BCUT2D eigenvalue weighted by Gasteiger charge is -2.31. The van der Waals surface area contributed by atoms with Gasteiger partial charge < -0.3 is 85.7 Å². The van der Waals surface area contributed by atoms with Gasteiger partial charge in [-0.25, -0.2) is 4.79 Å². The van der Waals surface area contributed by atoms with Crippen molar-refractivity contribution in [1.82, 2.24) is 47.4 Å². The maximum atomic E-state index is 14.7. The lowest BCUT2D eigenvalue weighted by molar-refractivity contribution is -0.145. The standard InChI is InChI=1S/C58H85N13O17/c1-7-30(5)47(70-56(85)48(31(6)8-2)69-49(78)35(59)26-44(61)74)55(84)63-36(20-21-43(60)73)50(79)66-39(28-46(76)77)53(82)65-37(24-32-13-10-9-11-14-32)51(80)64-38(25-33-16-18-34(72)19-17-33)52(81)67-40(27-45(62)75)57(86)71-22-12-15-42(71)54(83)68-41(58(87)88)23-29(3)4/h9-11,13-14,16-19,29-31,35-42,47-48,72H,7-8,12,15,20-28,59H2,1-6H3,(H2,60,73)(H2,61,74)(H2,62,75)(H,63,84)(H,64,80)(H,65,82)(H,66,79)(H,67,81)(H,68,83)(H,69,78)(H,70,85)(H,76,77)(H,87,88)/t30-,31-,35-,36-,37-,38-,39-,40-,41-,42-,47-,48-/m0/s1. The third kappa shape index (κ3) is 23.9. The fraction of sp³-hybridized carbons (Fsp3) is 0.552. The molecule has 0 bridgehead atoms. The van der Waals surface area contributed by atoms with Gasteiger partial charge >= 0.3 is 11.9 Å². The zero-order valence-electron chi connectivity index (χ0n) is 50.2. The average molecular weight is 1240 g/mol. The minimum atomic E-state index is -2.03. The minimum Gasteiger partial charge on any atom is -0.508 e. The molecule has 1 saturated heterocycles. The van der Waals surface area contributed by atoms with Crippen molar-refractivity contribution >= 4 is 82.8 Å². The van der Waals surface area contributed by atoms with E-state index in [-0.39, 0.29) is 56.7 Å². The monoisotopic (exact) mass is 1240 g/mol. The molecule has 1 heterocycles. The minimum absolute atomic E-state index is 0.0369. The number of nitrogens with two attached hydrogens (primary N) is 4. The molecule has 88 heavy (non-hydrogen) atoms. The second kappa shape index (κ2) is 35.4. The summed E-state index contributed by atoms with van der Waals surface area (Å²) in [6, 6.07) is -2.16. The Hall–Kier alpha value is -9.22. The Morgan fingerprint density at radius 1 is 0.534 bits per heavy atom. The van der Waals surface area contributed by atoms with Crippen LogP contribution in [0, 0.1) is 17.8 Å². The molecule has 12 amide bonds. The van der Waals surface area contributed by atoms with Gasteiger partial charge in [0.1, 0.15) is 60.1 Å². The fourth-order valence-electron chi connectivity index (χ4n) is 9.51. The van der Waals surface area contributed by atoms with Crippen LogP contribution in [0.1, 0.15) is 117 Å². The van der Waals surface area contributed by atoms with Gasteiger partial charge in [0, 0.05) is 25.8 Å². The molecular formula is C58H85N13O17. The summed E-state index contributed by atoms with van der Waals surface area (Å²) in [4.78, 5) is 188. The third-order valence-corrected chi connectivity index (χ3v) is 14.8. The number of phenolic OH excluding ortho intramolecular Hbond substituents is 1. The first-order valence-electron chi connectivity index (χ1n) is 29.0. The van der Waals surface area contributed by atoms with Crippen molar-refractivity contribution in [3.8, 4) is 5.75 Å². The molecule has 12 atom stereocenters. The van der Waals surface area contributed by atoms with Gasteiger partial charge in [0.05, 0.1) is 25.3 Å². The highest BCUT2D eigenvalue weighted by atomic mass is 16.4. The Balaban J connectivity index is 2.02. The molecule has 30 nitrogen and oxygen atoms in total. The predicted octanol–water partition coefficient (Wildman–Crippen LogP) is -2.91. The molecule has 1 fully saturated rings. The van der Waals surface area contributed by atoms with Crippen molar-refractivity contribution in [1.29, 1.82) is 0 Å². The van der Waals surface area contributed by atoms with E-state index in [1.165, 1.54) is 24.3 Å². The highest BCUT2D eigenvalue weighted by molar-refractivity contribution is 6.00. The van der Waals surface area contributed by atoms with Crippen LogP contribution in [0.3, 0.4) is 0 Å². The number of hydrogen-bond acceptors (Lipinski definition) is 16. The number of hydrogen-bond donors (Lipinski definition) is 15. The number of amides is 12. The Morgan fingerprint density at radius 2 is 1.00 bits per heavy atom. The van der Waals surface area contributed by atoms with E-state index >= 15 is 0 Å². The Kier molecular flexibility index (Phi) is 29.4. The maximum Gasteiger partial charge on any atom is 0.326 e. The van der Waals surface area contributed by atoms with Crippen LogP contribution in [0.2, 0.25) is 0 Å². The summed E-state index contributed by atoms with van der Waals surface area (Å²) >= 11 is 0. The van der Waals surface area contributed by atoms with Crippen molar-refractivity contribution in [2.75, 3.05) is 6.54 Å². The topological polar surface area (TPSA) is 503 Å². The quantitative estimate of drug-likeness (QED) is 0.0322. The summed E-state index contributed by atoms with van der Waals surface area (Å²) in [5.41, 5.74) is 22.8. The van der Waals surface area contributed by atoms with E-state index < -0.39 is 187 Å². The van der Waals surface area contributed by atoms with Gasteiger partial charge in [0.15, 0.2) is 0 Å². The Bertz CT molecular complexity index is 2820. The van der Waals surface area contributed by atoms with Crippen LogP contribution >= 0.6 is 0 Å². The number of aliphatic carboxylic acids is 2. The molecule has 0 radical (unpaired) electrons. The largest absolute Gasteiger partial charge is 0.508 e. The van der Waals surface area contributed by atoms with E-state index in [1.54, 1.807) is 71.9 Å². The molecule has 3 rings (SSSR count). The van der Waals surface area contributed by atoms with Crippen LogP contribution < -0.4 is 65.5 Å². The molecule has 0 spiro atoms. The zero-order chi connectivity index (χ0) is 66.1. The number of carbonyl (C=O) groups is 14. The Morgan fingerprint density at radius 3 is 1.49 bits per heavy atom. The molecule has 0 aliphatic carbocycles. The van der Waals surface area contributed by atoms with Crippen LogP contribution in [0.15, 0.2) is 54.6 Å². The lowest BCUT2D eigenvalue weighted by atomic mass is 9.94. The summed E-state index contributed by atoms with van der Waals surface area (Å²) in [5, 5.41) is 49.7. The molecule has 19 N–H and O–H groups in total. The highest BCUT2D eigenvalue weighted by Crippen LogP contribution is 2.22. The fourth-order valence-corrected chi connectivity index (χ4v) is 9.51. The first kappa shape index (κ1) is 73.0. The smallest absolute Gasteiger partial charge is 0.326 e. The second-order valence-corrected chi connectivity index (χ2v) is 22.4. The van der Waals surface area contributed by atoms with Gasteiger partial charge in [0.2, 0.25) is 70.9 Å². The molecule has 0 unspecified atom stereocenters. The normalized spacial score (nSPS) is 16.6. The number of rotatable bonds is 37. The van der Waals surface area contributed by atoms with Gasteiger partial charge in [-0.2, -0.15) is 0 Å². The zero-order valence-corrected chi connectivity index (χ0v) is 50.2. The molecule has 0 aromatic heterocycles. The summed E-state index contributed by atoms with van der Waals surface area (Å²) in [6.07, 6.45) is -3.19. The molecule has 1 aliphatic rings. The van der Waals surface area contributed by atoms with Crippen LogP contribution in [0.25, 0.3) is 0 Å². The molecule has 2 aromatic rings. The van der Waals surface area contributed by atoms with E-state index in [0.717, 1.165) is 4.90 Å². The van der Waals surface area contributed by atoms with Gasteiger partial charge in [-0.15, -0.1) is 0 Å². The highest BCUT2D eigenvalue weighted by Gasteiger charge is 2.42. The molecule has 1 aliphatic heterocycles. The summed E-state index contributed by atoms with van der Waals surface area (Å²) in [7, 11) is 0. The number of phenols is 1. The van der Waals surface area contributed by atoms with E-state index in [1.807, 2.05) is 0 Å². The van der Waals surface area contributed by atoms with Gasteiger partial charge in [-0.1, -0.05) is 96.8 Å². The number of carboxylic acid groups (broad SMARTS) is 2. The molecular weight excluding hydrogens is 1150 g/mol. The SMILES string of the molecule is CC[C@H](C)[C@H](NC(=O)[C@@H](NC(=O)[C@@H](N)CC(N)=O)[C@@H](C)CC)C(=O)N[C@@H](CCC(N)=O)C(=O)N[C@@H](CC(=O)O)C(=O)N[C@@H](Cc1ccccc1)C(=O)N[C@@H](Cc1ccc(O)cc1)C(=O)N[C@@H](CC(N)=O)C(=O)N1CCC[C@H]1C(=O)N[C@@H](CC(C)C)C(=O)O. The lowest BCUT2D eigenvalue weighted by Crippen LogP contribution is -2.62. The van der Waals surface area contributed by atoms with Crippen LogP contribution in [-0.2, 0) is 80.0 Å². The first-order valence-corrected chi connectivity index (χ1v) is 29.0. The van der Waals surface area contributed by atoms with Gasteiger partial charge in [0.25, 0.3) is 0 Å². The van der Waals surface area contributed by atoms with Crippen molar-refractivity contribution in [2.24, 2.45) is 40.7 Å². The van der Waals surface area contributed by atoms with Gasteiger partial charge in [-0.3, -0.25) is 62.3 Å². The number of aromatic hydroxyl groups is 1. The van der Waals surface area contributed by atoms with Crippen LogP contribution in [-0.4, -0.2) is 170 Å². The van der Waals surface area contributed by atoms with E-state index in [2.05, 4.69) is 42.5 Å². The number of carboxylic acids is 2. The summed E-state index contributed by atoms with van der Waals surface area (Å²) in [5.74, 6) is -16.4.